The molecule has 4 aromatic rings. The molecule has 0 bridgehead atoms. The first-order valence-corrected chi connectivity index (χ1v) is 14.1. The summed E-state index contributed by atoms with van der Waals surface area (Å²) in [4.78, 5) is 26.0. The number of carbonyl (C=O) groups is 1. The Kier molecular flexibility index (Phi) is 8.30. The maximum atomic E-state index is 15.2. The first-order chi connectivity index (χ1) is 19.7. The number of benzene rings is 2. The number of rotatable bonds is 8. The number of amides is 1. The Hall–Kier alpha value is -4.31. The summed E-state index contributed by atoms with van der Waals surface area (Å²) in [5, 5.41) is 3.39. The Balaban J connectivity index is 1.36. The van der Waals surface area contributed by atoms with Crippen LogP contribution in [0.1, 0.15) is 36.1 Å². The van der Waals surface area contributed by atoms with Crippen molar-refractivity contribution in [2.24, 2.45) is 4.99 Å². The molecule has 1 saturated carbocycles. The molecular formula is C31H31FN4O4S. The van der Waals surface area contributed by atoms with E-state index in [0.29, 0.717) is 34.8 Å². The van der Waals surface area contributed by atoms with Crippen LogP contribution in [-0.2, 0) is 9.47 Å². The van der Waals surface area contributed by atoms with Gasteiger partial charge in [-0.2, -0.15) is 0 Å². The third-order valence-electron chi connectivity index (χ3n) is 6.80. The number of ether oxygens (including phenoxy) is 3. The van der Waals surface area contributed by atoms with Gasteiger partial charge < -0.3 is 14.2 Å². The predicted molar refractivity (Wildman–Crippen MR) is 160 cm³/mol. The van der Waals surface area contributed by atoms with Gasteiger partial charge in [-0.1, -0.05) is 18.2 Å². The Morgan fingerprint density at radius 2 is 1.98 bits per heavy atom. The summed E-state index contributed by atoms with van der Waals surface area (Å²) in [5.74, 6) is 0.0135. The molecule has 1 aliphatic carbocycles. The van der Waals surface area contributed by atoms with E-state index in [1.807, 2.05) is 32.9 Å². The second-order valence-corrected chi connectivity index (χ2v) is 11.1. The smallest absolute Gasteiger partial charge is 0.412 e. The molecule has 0 unspecified atom stereocenters. The van der Waals surface area contributed by atoms with Crippen LogP contribution in [0.15, 0.2) is 59.9 Å². The SMILES string of the molecule is C=C(C=Nc1c(C)cc(C)cc1-c1nc2cc(F)c(O[C@H]3CCC[C@H]3OC(=O)Nc3ccc(C)nc3)cc2s1)OC. The Morgan fingerprint density at radius 3 is 2.73 bits per heavy atom. The molecule has 0 saturated heterocycles. The fourth-order valence-electron chi connectivity index (χ4n) is 4.77. The van der Waals surface area contributed by atoms with Crippen LogP contribution in [0, 0.1) is 26.6 Å². The van der Waals surface area contributed by atoms with Crippen LogP contribution in [0.4, 0.5) is 20.6 Å². The Morgan fingerprint density at radius 1 is 1.17 bits per heavy atom. The summed E-state index contributed by atoms with van der Waals surface area (Å²) >= 11 is 1.43. The molecule has 8 nitrogen and oxygen atoms in total. The van der Waals surface area contributed by atoms with Crippen molar-refractivity contribution in [1.82, 2.24) is 9.97 Å². The van der Waals surface area contributed by atoms with Crippen LogP contribution in [0.3, 0.4) is 0 Å². The van der Waals surface area contributed by atoms with Crippen molar-refractivity contribution in [1.29, 1.82) is 0 Å². The van der Waals surface area contributed by atoms with Gasteiger partial charge in [0.25, 0.3) is 0 Å². The van der Waals surface area contributed by atoms with Gasteiger partial charge in [0.2, 0.25) is 0 Å². The molecule has 10 heteroatoms. The lowest BCUT2D eigenvalue weighted by Crippen LogP contribution is -2.32. The molecule has 2 heterocycles. The number of pyridine rings is 1. The molecule has 1 fully saturated rings. The predicted octanol–water partition coefficient (Wildman–Crippen LogP) is 7.83. The van der Waals surface area contributed by atoms with Crippen LogP contribution >= 0.6 is 11.3 Å². The van der Waals surface area contributed by atoms with E-state index in [2.05, 4.69) is 21.9 Å². The summed E-state index contributed by atoms with van der Waals surface area (Å²) in [6.07, 6.45) is 3.64. The summed E-state index contributed by atoms with van der Waals surface area (Å²) in [6, 6.07) is 10.7. The number of fused-ring (bicyclic) bond motifs is 1. The molecule has 212 valence electrons. The van der Waals surface area contributed by atoms with Crippen molar-refractivity contribution in [3.05, 3.63) is 77.6 Å². The van der Waals surface area contributed by atoms with E-state index in [9.17, 15) is 4.79 Å². The first-order valence-electron chi connectivity index (χ1n) is 13.3. The van der Waals surface area contributed by atoms with Gasteiger partial charge in [-0.05, 0) is 63.8 Å². The monoisotopic (exact) mass is 574 g/mol. The molecule has 1 N–H and O–H groups in total. The van der Waals surface area contributed by atoms with Crippen LogP contribution in [0.25, 0.3) is 20.8 Å². The lowest BCUT2D eigenvalue weighted by atomic mass is 10.0. The largest absolute Gasteiger partial charge is 0.496 e. The van der Waals surface area contributed by atoms with E-state index in [-0.39, 0.29) is 5.75 Å². The average molecular weight is 575 g/mol. The quantitative estimate of drug-likeness (QED) is 0.170. The number of anilines is 1. The summed E-state index contributed by atoms with van der Waals surface area (Å²) in [5.41, 5.74) is 5.53. The van der Waals surface area contributed by atoms with E-state index in [1.165, 1.54) is 24.5 Å². The van der Waals surface area contributed by atoms with Gasteiger partial charge in [0, 0.05) is 23.4 Å². The van der Waals surface area contributed by atoms with Gasteiger partial charge in [0.1, 0.15) is 23.0 Å². The van der Waals surface area contributed by atoms with Gasteiger partial charge in [0.05, 0.1) is 41.1 Å². The van der Waals surface area contributed by atoms with Gasteiger partial charge in [-0.25, -0.2) is 14.2 Å². The number of allylic oxidation sites excluding steroid dienone is 1. The molecule has 0 aliphatic heterocycles. The highest BCUT2D eigenvalue weighted by Gasteiger charge is 2.33. The molecule has 1 aliphatic rings. The molecule has 5 rings (SSSR count). The number of aromatic nitrogens is 2. The van der Waals surface area contributed by atoms with E-state index in [0.717, 1.165) is 39.2 Å². The second-order valence-electron chi connectivity index (χ2n) is 10.0. The Bertz CT molecular complexity index is 1630. The number of hydrogen-bond acceptors (Lipinski definition) is 8. The van der Waals surface area contributed by atoms with Crippen LogP contribution in [-0.4, -0.2) is 41.6 Å². The first kappa shape index (κ1) is 28.2. The minimum atomic E-state index is -0.597. The normalized spacial score (nSPS) is 16.7. The van der Waals surface area contributed by atoms with Crippen molar-refractivity contribution in [3.8, 4) is 16.3 Å². The van der Waals surface area contributed by atoms with Crippen molar-refractivity contribution in [3.63, 3.8) is 0 Å². The number of aryl methyl sites for hydroxylation is 3. The summed E-state index contributed by atoms with van der Waals surface area (Å²) in [7, 11) is 1.54. The van der Waals surface area contributed by atoms with Crippen molar-refractivity contribution in [2.75, 3.05) is 12.4 Å². The zero-order valence-electron chi connectivity index (χ0n) is 23.4. The van der Waals surface area contributed by atoms with Crippen LogP contribution in [0.5, 0.6) is 5.75 Å². The molecule has 1 amide bonds. The molecule has 41 heavy (non-hydrogen) atoms. The zero-order chi connectivity index (χ0) is 29.1. The van der Waals surface area contributed by atoms with Gasteiger partial charge in [-0.3, -0.25) is 15.3 Å². The van der Waals surface area contributed by atoms with E-state index < -0.39 is 24.1 Å². The number of aliphatic imine (C=N–C) groups is 1. The number of carbonyl (C=O) groups excluding carboxylic acids is 1. The summed E-state index contributed by atoms with van der Waals surface area (Å²) < 4.78 is 32.8. The van der Waals surface area contributed by atoms with Gasteiger partial charge >= 0.3 is 6.09 Å². The van der Waals surface area contributed by atoms with Crippen molar-refractivity contribution in [2.45, 2.75) is 52.2 Å². The van der Waals surface area contributed by atoms with Crippen LogP contribution in [0.2, 0.25) is 0 Å². The maximum Gasteiger partial charge on any atom is 0.412 e. The van der Waals surface area contributed by atoms with Gasteiger partial charge in [-0.15, -0.1) is 11.3 Å². The standard InChI is InChI=1S/C31H31FN4O4S/c1-17-11-18(2)29(34-15-20(4)38-5)22(12-17)30-36-24-13-23(32)27(14-28(24)41-30)39-25-7-6-8-26(25)40-31(37)35-21-10-9-19(3)33-16-21/h9-16,25-26H,4,6-8H2,1-3,5H3,(H,35,37)/t25-,26+/m0/s1. The summed E-state index contributed by atoms with van der Waals surface area (Å²) in [6.45, 7) is 9.66. The number of methoxy groups -OCH3 is 1. The van der Waals surface area contributed by atoms with E-state index in [1.54, 1.807) is 30.6 Å². The van der Waals surface area contributed by atoms with Crippen molar-refractivity contribution >= 4 is 45.2 Å². The molecule has 2 aromatic heterocycles. The fraction of sp³-hybridized carbons (Fsp3) is 0.290. The lowest BCUT2D eigenvalue weighted by Gasteiger charge is -2.22. The van der Waals surface area contributed by atoms with Crippen molar-refractivity contribution < 1.29 is 23.4 Å². The third-order valence-corrected chi connectivity index (χ3v) is 7.86. The maximum absolute atomic E-state index is 15.2. The molecular weight excluding hydrogens is 543 g/mol. The molecule has 0 radical (unpaired) electrons. The number of hydrogen-bond donors (Lipinski definition) is 1. The number of nitrogens with zero attached hydrogens (tertiary/aromatic N) is 3. The van der Waals surface area contributed by atoms with E-state index in [4.69, 9.17) is 19.2 Å². The second kappa shape index (κ2) is 12.1. The number of halogens is 1. The minimum absolute atomic E-state index is 0.103. The number of nitrogens with one attached hydrogen (secondary N) is 1. The molecule has 0 spiro atoms. The number of thiazole rings is 1. The molecule has 2 atom stereocenters. The van der Waals surface area contributed by atoms with Gasteiger partial charge in [0.15, 0.2) is 11.6 Å². The highest BCUT2D eigenvalue weighted by atomic mass is 32.1. The van der Waals surface area contributed by atoms with Crippen LogP contribution < -0.4 is 10.1 Å². The lowest BCUT2D eigenvalue weighted by molar-refractivity contribution is 0.0401. The van der Waals surface area contributed by atoms with E-state index >= 15 is 4.39 Å². The fourth-order valence-corrected chi connectivity index (χ4v) is 5.76. The average Bonchev–Trinajstić information content (AvgIpc) is 3.55. The minimum Gasteiger partial charge on any atom is -0.496 e. The Labute approximate surface area is 241 Å². The third kappa shape index (κ3) is 6.54. The topological polar surface area (TPSA) is 94.9 Å². The zero-order valence-corrected chi connectivity index (χ0v) is 24.2. The highest BCUT2D eigenvalue weighted by Crippen LogP contribution is 2.40. The molecule has 2 aromatic carbocycles. The highest BCUT2D eigenvalue weighted by molar-refractivity contribution is 7.21.